The molecule has 1 saturated heterocycles. The third-order valence-electron chi connectivity index (χ3n) is 5.27. The van der Waals surface area contributed by atoms with Crippen LogP contribution >= 0.6 is 0 Å². The summed E-state index contributed by atoms with van der Waals surface area (Å²) in [5.41, 5.74) is 2.50. The molecule has 3 nitrogen and oxygen atoms in total. The highest BCUT2D eigenvalue weighted by molar-refractivity contribution is 5.97. The van der Waals surface area contributed by atoms with E-state index >= 15 is 0 Å². The molecule has 1 aromatic carbocycles. The molecule has 0 bridgehead atoms. The van der Waals surface area contributed by atoms with Gasteiger partial charge in [0.2, 0.25) is 5.91 Å². The zero-order valence-electron chi connectivity index (χ0n) is 12.6. The smallest absolute Gasteiger partial charge is 0.244 e. The van der Waals surface area contributed by atoms with Gasteiger partial charge in [0, 0.05) is 19.3 Å². The van der Waals surface area contributed by atoms with Gasteiger partial charge in [-0.25, -0.2) is 0 Å². The summed E-state index contributed by atoms with van der Waals surface area (Å²) in [4.78, 5) is 14.6. The fourth-order valence-electron chi connectivity index (χ4n) is 3.97. The number of anilines is 1. The summed E-state index contributed by atoms with van der Waals surface area (Å²) < 4.78 is 0. The maximum absolute atomic E-state index is 12.8. The second-order valence-corrected chi connectivity index (χ2v) is 6.75. The molecule has 20 heavy (non-hydrogen) atoms. The number of nitrogens with zero attached hydrogens (tertiary/aromatic N) is 1. The predicted molar refractivity (Wildman–Crippen MR) is 81.8 cm³/mol. The van der Waals surface area contributed by atoms with Crippen LogP contribution in [0, 0.1) is 18.3 Å². The number of aryl methyl sites for hydroxylation is 1. The molecule has 2 fully saturated rings. The van der Waals surface area contributed by atoms with E-state index in [1.165, 1.54) is 24.8 Å². The fourth-order valence-corrected chi connectivity index (χ4v) is 3.97. The van der Waals surface area contributed by atoms with Gasteiger partial charge in [-0.1, -0.05) is 25.5 Å². The van der Waals surface area contributed by atoms with Crippen LogP contribution in [0.25, 0.3) is 0 Å². The lowest BCUT2D eigenvalue weighted by atomic mass is 9.80. The lowest BCUT2D eigenvalue weighted by Gasteiger charge is -2.27. The summed E-state index contributed by atoms with van der Waals surface area (Å²) in [5.74, 6) is 0.716. The Bertz CT molecular complexity index is 527. The fraction of sp³-hybridized carbons (Fsp3) is 0.588. The number of nitrogens with one attached hydrogen (secondary N) is 1. The van der Waals surface area contributed by atoms with E-state index in [9.17, 15) is 4.79 Å². The summed E-state index contributed by atoms with van der Waals surface area (Å²) in [6.45, 7) is 5.37. The number of fused-ring (bicyclic) bond motifs is 1. The van der Waals surface area contributed by atoms with Gasteiger partial charge in [-0.2, -0.15) is 0 Å². The van der Waals surface area contributed by atoms with Crippen LogP contribution in [0.4, 0.5) is 5.69 Å². The highest BCUT2D eigenvalue weighted by Gasteiger charge is 2.50. The van der Waals surface area contributed by atoms with Crippen molar-refractivity contribution in [3.8, 4) is 0 Å². The van der Waals surface area contributed by atoms with Crippen molar-refractivity contribution < 1.29 is 4.79 Å². The van der Waals surface area contributed by atoms with Gasteiger partial charge in [0.25, 0.3) is 0 Å². The van der Waals surface area contributed by atoms with Crippen LogP contribution in [0.2, 0.25) is 0 Å². The Labute approximate surface area is 121 Å². The quantitative estimate of drug-likeness (QED) is 0.898. The van der Waals surface area contributed by atoms with Crippen LogP contribution in [0.1, 0.15) is 31.7 Å². The van der Waals surface area contributed by atoms with Crippen LogP contribution in [0.5, 0.6) is 0 Å². The molecule has 1 amide bonds. The minimum Gasteiger partial charge on any atom is -0.314 e. The van der Waals surface area contributed by atoms with Gasteiger partial charge >= 0.3 is 0 Å². The number of carbonyl (C=O) groups excluding carboxylic acids is 1. The van der Waals surface area contributed by atoms with Crippen molar-refractivity contribution in [3.05, 3.63) is 29.8 Å². The molecule has 3 heteroatoms. The molecule has 1 saturated carbocycles. The van der Waals surface area contributed by atoms with Crippen LogP contribution < -0.4 is 10.2 Å². The molecule has 1 aliphatic carbocycles. The van der Waals surface area contributed by atoms with E-state index in [4.69, 9.17) is 0 Å². The molecule has 0 aromatic heterocycles. The molecule has 2 aliphatic rings. The normalized spacial score (nSPS) is 32.1. The molecule has 1 heterocycles. The third-order valence-corrected chi connectivity index (χ3v) is 5.27. The first kappa shape index (κ1) is 13.6. The van der Waals surface area contributed by atoms with Crippen molar-refractivity contribution in [2.45, 2.75) is 39.2 Å². The first-order chi connectivity index (χ1) is 9.51. The van der Waals surface area contributed by atoms with Crippen molar-refractivity contribution in [2.75, 3.05) is 18.5 Å². The molecule has 0 spiro atoms. The highest BCUT2D eigenvalue weighted by atomic mass is 16.2. The van der Waals surface area contributed by atoms with E-state index in [-0.39, 0.29) is 11.9 Å². The molecule has 1 aliphatic heterocycles. The number of hydrogen-bond acceptors (Lipinski definition) is 2. The number of likely N-dealkylation sites (N-methyl/N-ethyl adjacent to an activating group) is 1. The average molecular weight is 272 g/mol. The Morgan fingerprint density at radius 2 is 2.25 bits per heavy atom. The third kappa shape index (κ3) is 2.14. The molecule has 3 unspecified atom stereocenters. The summed E-state index contributed by atoms with van der Waals surface area (Å²) in [5, 5.41) is 3.47. The lowest BCUT2D eigenvalue weighted by Crippen LogP contribution is -2.45. The molecule has 108 valence electrons. The maximum atomic E-state index is 12.8. The standard InChI is InChI=1S/C17H24N2O/c1-12-6-4-7-13(10-12)19(3)16(20)15-14-8-5-9-17(14,2)11-18-15/h4,6-7,10,14-15,18H,5,8-9,11H2,1-3H3. The minimum atomic E-state index is -0.00647. The molecule has 1 aromatic rings. The second-order valence-electron chi connectivity index (χ2n) is 6.75. The first-order valence-electron chi connectivity index (χ1n) is 7.59. The molecule has 1 N–H and O–H groups in total. The minimum absolute atomic E-state index is 0.00647. The monoisotopic (exact) mass is 272 g/mol. The van der Waals surface area contributed by atoms with Crippen LogP contribution in [0.15, 0.2) is 24.3 Å². The Balaban J connectivity index is 1.79. The summed E-state index contributed by atoms with van der Waals surface area (Å²) >= 11 is 0. The maximum Gasteiger partial charge on any atom is 0.244 e. The second kappa shape index (κ2) is 4.88. The Hall–Kier alpha value is -1.35. The van der Waals surface area contributed by atoms with Crippen molar-refractivity contribution >= 4 is 11.6 Å². The zero-order chi connectivity index (χ0) is 14.3. The first-order valence-corrected chi connectivity index (χ1v) is 7.59. The largest absolute Gasteiger partial charge is 0.314 e. The van der Waals surface area contributed by atoms with E-state index in [1.807, 2.05) is 24.1 Å². The number of carbonyl (C=O) groups is 1. The molecule has 0 radical (unpaired) electrons. The predicted octanol–water partition coefficient (Wildman–Crippen LogP) is 2.74. The van der Waals surface area contributed by atoms with Crippen LogP contribution in [0.3, 0.4) is 0 Å². The number of amides is 1. The lowest BCUT2D eigenvalue weighted by molar-refractivity contribution is -0.121. The van der Waals surface area contributed by atoms with Gasteiger partial charge in [-0.15, -0.1) is 0 Å². The van der Waals surface area contributed by atoms with Crippen LogP contribution in [-0.2, 0) is 4.79 Å². The summed E-state index contributed by atoms with van der Waals surface area (Å²) in [6, 6.07) is 8.14. The molecule has 3 rings (SSSR count). The number of benzene rings is 1. The van der Waals surface area contributed by atoms with Gasteiger partial charge in [-0.3, -0.25) is 4.79 Å². The average Bonchev–Trinajstić information content (AvgIpc) is 2.93. The highest BCUT2D eigenvalue weighted by Crippen LogP contribution is 2.48. The SMILES string of the molecule is Cc1cccc(N(C)C(=O)C2NCC3(C)CCCC23)c1. The Morgan fingerprint density at radius 1 is 1.45 bits per heavy atom. The van der Waals surface area contributed by atoms with Crippen molar-refractivity contribution in [2.24, 2.45) is 11.3 Å². The van der Waals surface area contributed by atoms with Gasteiger partial charge in [-0.05, 0) is 48.8 Å². The Kier molecular flexibility index (Phi) is 3.33. The molecule has 3 atom stereocenters. The van der Waals surface area contributed by atoms with E-state index < -0.39 is 0 Å². The van der Waals surface area contributed by atoms with Gasteiger partial charge in [0.15, 0.2) is 0 Å². The summed E-state index contributed by atoms with van der Waals surface area (Å²) in [6.07, 6.45) is 3.70. The van der Waals surface area contributed by atoms with E-state index in [2.05, 4.69) is 31.3 Å². The molecular weight excluding hydrogens is 248 g/mol. The molecular formula is C17H24N2O. The van der Waals surface area contributed by atoms with Gasteiger partial charge < -0.3 is 10.2 Å². The van der Waals surface area contributed by atoms with Crippen molar-refractivity contribution in [1.29, 1.82) is 0 Å². The number of rotatable bonds is 2. The summed E-state index contributed by atoms with van der Waals surface area (Å²) in [7, 11) is 1.89. The van der Waals surface area contributed by atoms with Gasteiger partial charge in [0.05, 0.1) is 6.04 Å². The van der Waals surface area contributed by atoms with Crippen molar-refractivity contribution in [3.63, 3.8) is 0 Å². The topological polar surface area (TPSA) is 32.3 Å². The van der Waals surface area contributed by atoms with E-state index in [0.717, 1.165) is 12.2 Å². The Morgan fingerprint density at radius 3 is 3.00 bits per heavy atom. The van der Waals surface area contributed by atoms with E-state index in [1.54, 1.807) is 0 Å². The zero-order valence-corrected chi connectivity index (χ0v) is 12.6. The number of hydrogen-bond donors (Lipinski definition) is 1. The van der Waals surface area contributed by atoms with Gasteiger partial charge in [0.1, 0.15) is 0 Å². The van der Waals surface area contributed by atoms with Crippen molar-refractivity contribution in [1.82, 2.24) is 5.32 Å². The van der Waals surface area contributed by atoms with Crippen LogP contribution in [-0.4, -0.2) is 25.5 Å². The van der Waals surface area contributed by atoms with E-state index in [0.29, 0.717) is 11.3 Å².